The number of nitriles is 1. The minimum atomic E-state index is 0.182. The fourth-order valence-corrected chi connectivity index (χ4v) is 4.67. The van der Waals surface area contributed by atoms with Crippen LogP contribution in [0.3, 0.4) is 0 Å². The van der Waals surface area contributed by atoms with Gasteiger partial charge in [-0.3, -0.25) is 4.90 Å². The van der Waals surface area contributed by atoms with E-state index in [0.29, 0.717) is 17.5 Å². The summed E-state index contributed by atoms with van der Waals surface area (Å²) in [4.78, 5) is 9.03. The van der Waals surface area contributed by atoms with E-state index in [1.165, 1.54) is 11.1 Å². The number of methoxy groups -OCH3 is 1. The first-order valence-electron chi connectivity index (χ1n) is 12.1. The van der Waals surface area contributed by atoms with Crippen molar-refractivity contribution < 1.29 is 9.15 Å². The van der Waals surface area contributed by atoms with Crippen molar-refractivity contribution in [3.8, 4) is 11.8 Å². The molecule has 1 aliphatic rings. The van der Waals surface area contributed by atoms with Gasteiger partial charge >= 0.3 is 0 Å². The number of benzene rings is 3. The molecule has 0 saturated carbocycles. The lowest BCUT2D eigenvalue weighted by atomic mass is 9.96. The summed E-state index contributed by atoms with van der Waals surface area (Å²) in [7, 11) is 1.64. The molecule has 6 heteroatoms. The first-order valence-corrected chi connectivity index (χ1v) is 12.1. The number of rotatable bonds is 7. The van der Waals surface area contributed by atoms with Crippen LogP contribution in [-0.4, -0.2) is 43.2 Å². The molecule has 36 heavy (non-hydrogen) atoms. The molecule has 0 amide bonds. The van der Waals surface area contributed by atoms with E-state index in [1.807, 2.05) is 30.3 Å². The monoisotopic (exact) mass is 476 g/mol. The van der Waals surface area contributed by atoms with Gasteiger partial charge in [0.1, 0.15) is 11.8 Å². The van der Waals surface area contributed by atoms with Crippen molar-refractivity contribution in [1.82, 2.24) is 9.88 Å². The van der Waals surface area contributed by atoms with Crippen molar-refractivity contribution in [2.45, 2.75) is 6.04 Å². The van der Waals surface area contributed by atoms with Gasteiger partial charge in [0.25, 0.3) is 0 Å². The zero-order valence-electron chi connectivity index (χ0n) is 20.2. The predicted molar refractivity (Wildman–Crippen MR) is 142 cm³/mol. The van der Waals surface area contributed by atoms with Crippen LogP contribution in [0, 0.1) is 11.3 Å². The Labute approximate surface area is 211 Å². The van der Waals surface area contributed by atoms with Crippen molar-refractivity contribution in [2.75, 3.05) is 38.2 Å². The van der Waals surface area contributed by atoms with E-state index in [9.17, 15) is 5.26 Å². The molecule has 6 nitrogen and oxygen atoms in total. The fourth-order valence-electron chi connectivity index (χ4n) is 4.67. The number of piperazine rings is 1. The lowest BCUT2D eigenvalue weighted by Crippen LogP contribution is -2.48. The molecule has 0 N–H and O–H groups in total. The van der Waals surface area contributed by atoms with Gasteiger partial charge in [-0.2, -0.15) is 10.2 Å². The number of ether oxygens (including phenoxy) is 1. The first kappa shape index (κ1) is 23.4. The highest BCUT2D eigenvalue weighted by Crippen LogP contribution is 2.31. The van der Waals surface area contributed by atoms with E-state index in [2.05, 4.69) is 81.5 Å². The SMILES string of the molecule is COc1cccc(/C=C/c2nc(C#N)c(N3CCN(C(c4ccccc4)c4ccccc4)CC3)o2)c1. The van der Waals surface area contributed by atoms with Crippen molar-refractivity contribution in [1.29, 1.82) is 5.26 Å². The summed E-state index contributed by atoms with van der Waals surface area (Å²) in [6, 6.07) is 31.4. The molecule has 1 saturated heterocycles. The third-order valence-corrected chi connectivity index (χ3v) is 6.44. The van der Waals surface area contributed by atoms with Crippen molar-refractivity contribution in [2.24, 2.45) is 0 Å². The highest BCUT2D eigenvalue weighted by atomic mass is 16.5. The number of nitrogens with zero attached hydrogens (tertiary/aromatic N) is 4. The molecule has 0 aliphatic carbocycles. The van der Waals surface area contributed by atoms with Crippen molar-refractivity contribution >= 4 is 18.0 Å². The van der Waals surface area contributed by atoms with Crippen LogP contribution in [0.2, 0.25) is 0 Å². The van der Waals surface area contributed by atoms with E-state index in [1.54, 1.807) is 13.2 Å². The Balaban J connectivity index is 1.32. The molecule has 1 aromatic heterocycles. The molecule has 180 valence electrons. The van der Waals surface area contributed by atoms with Gasteiger partial charge in [0.2, 0.25) is 17.5 Å². The number of hydrogen-bond acceptors (Lipinski definition) is 6. The van der Waals surface area contributed by atoms with Crippen LogP contribution in [-0.2, 0) is 0 Å². The summed E-state index contributed by atoms with van der Waals surface area (Å²) in [5, 5.41) is 9.70. The molecule has 2 heterocycles. The van der Waals surface area contributed by atoms with E-state index < -0.39 is 0 Å². The van der Waals surface area contributed by atoms with Crippen molar-refractivity contribution in [3.05, 3.63) is 113 Å². The van der Waals surface area contributed by atoms with Crippen LogP contribution in [0.15, 0.2) is 89.3 Å². The highest BCUT2D eigenvalue weighted by molar-refractivity contribution is 5.68. The number of aromatic nitrogens is 1. The largest absolute Gasteiger partial charge is 0.497 e. The van der Waals surface area contributed by atoms with E-state index in [4.69, 9.17) is 9.15 Å². The molecule has 0 spiro atoms. The Morgan fingerprint density at radius 3 is 2.17 bits per heavy atom. The summed E-state index contributed by atoms with van der Waals surface area (Å²) in [5.74, 6) is 1.74. The minimum Gasteiger partial charge on any atom is -0.497 e. The summed E-state index contributed by atoms with van der Waals surface area (Å²) in [6.45, 7) is 3.18. The van der Waals surface area contributed by atoms with Gasteiger partial charge in [0.05, 0.1) is 13.2 Å². The van der Waals surface area contributed by atoms with Crippen LogP contribution in [0.5, 0.6) is 5.75 Å². The molecule has 3 aromatic carbocycles. The number of hydrogen-bond donors (Lipinski definition) is 0. The Bertz CT molecular complexity index is 1310. The summed E-state index contributed by atoms with van der Waals surface area (Å²) in [6.07, 6.45) is 3.69. The van der Waals surface area contributed by atoms with E-state index in [0.717, 1.165) is 37.5 Å². The molecule has 0 bridgehead atoms. The Kier molecular flexibility index (Phi) is 7.11. The molecular formula is C30H28N4O2. The lowest BCUT2D eigenvalue weighted by molar-refractivity contribution is 0.209. The van der Waals surface area contributed by atoms with Crippen LogP contribution < -0.4 is 9.64 Å². The standard InChI is InChI=1S/C30H28N4O2/c1-35-26-14-8-9-23(21-26)15-16-28-32-27(22-31)30(36-28)34-19-17-33(18-20-34)29(24-10-4-2-5-11-24)25-12-6-3-7-13-25/h2-16,21,29H,17-20H2,1H3/b16-15+. The Morgan fingerprint density at radius 1 is 0.889 bits per heavy atom. The highest BCUT2D eigenvalue weighted by Gasteiger charge is 2.29. The maximum Gasteiger partial charge on any atom is 0.235 e. The van der Waals surface area contributed by atoms with Gasteiger partial charge in [-0.25, -0.2) is 0 Å². The van der Waals surface area contributed by atoms with E-state index in [-0.39, 0.29) is 6.04 Å². The molecule has 1 fully saturated rings. The zero-order chi connectivity index (χ0) is 24.7. The predicted octanol–water partition coefficient (Wildman–Crippen LogP) is 5.64. The van der Waals surface area contributed by atoms with Crippen LogP contribution in [0.25, 0.3) is 12.2 Å². The molecule has 0 unspecified atom stereocenters. The van der Waals surface area contributed by atoms with E-state index >= 15 is 0 Å². The quantitative estimate of drug-likeness (QED) is 0.344. The summed E-state index contributed by atoms with van der Waals surface area (Å²) >= 11 is 0. The molecule has 0 atom stereocenters. The molecule has 5 rings (SSSR count). The van der Waals surface area contributed by atoms with Gasteiger partial charge in [0.15, 0.2) is 0 Å². The smallest absolute Gasteiger partial charge is 0.235 e. The maximum atomic E-state index is 9.70. The average molecular weight is 477 g/mol. The summed E-state index contributed by atoms with van der Waals surface area (Å²) < 4.78 is 11.3. The van der Waals surface area contributed by atoms with Crippen molar-refractivity contribution in [3.63, 3.8) is 0 Å². The molecule has 4 aromatic rings. The normalized spacial score (nSPS) is 14.3. The molecule has 0 radical (unpaired) electrons. The average Bonchev–Trinajstić information content (AvgIpc) is 3.37. The lowest BCUT2D eigenvalue weighted by Gasteiger charge is -2.39. The molecule has 1 aliphatic heterocycles. The summed E-state index contributed by atoms with van der Waals surface area (Å²) in [5.41, 5.74) is 3.84. The topological polar surface area (TPSA) is 65.5 Å². The zero-order valence-corrected chi connectivity index (χ0v) is 20.2. The Hall–Kier alpha value is -4.34. The van der Waals surface area contributed by atoms with Crippen LogP contribution in [0.4, 0.5) is 5.88 Å². The number of anilines is 1. The number of oxazole rings is 1. The molecular weight excluding hydrogens is 448 g/mol. The second kappa shape index (κ2) is 10.9. The second-order valence-corrected chi connectivity index (χ2v) is 8.67. The third-order valence-electron chi connectivity index (χ3n) is 6.44. The van der Waals surface area contributed by atoms with Gasteiger partial charge in [-0.05, 0) is 34.9 Å². The minimum absolute atomic E-state index is 0.182. The van der Waals surface area contributed by atoms with Gasteiger partial charge in [-0.15, -0.1) is 0 Å². The van der Waals surface area contributed by atoms with Crippen LogP contribution >= 0.6 is 0 Å². The van der Waals surface area contributed by atoms with Crippen LogP contribution in [0.1, 0.15) is 34.3 Å². The first-order chi connectivity index (χ1) is 17.7. The second-order valence-electron chi connectivity index (χ2n) is 8.67. The fraction of sp³-hybridized carbons (Fsp3) is 0.200. The Morgan fingerprint density at radius 2 is 1.56 bits per heavy atom. The van der Waals surface area contributed by atoms with Gasteiger partial charge < -0.3 is 14.1 Å². The van der Waals surface area contributed by atoms with Gasteiger partial charge in [0, 0.05) is 32.3 Å². The third kappa shape index (κ3) is 5.17. The maximum absolute atomic E-state index is 9.70. The van der Waals surface area contributed by atoms with Gasteiger partial charge in [-0.1, -0.05) is 72.8 Å².